The largest absolute Gasteiger partial charge is 0.313 e. The zero-order valence-corrected chi connectivity index (χ0v) is 11.8. The lowest BCUT2D eigenvalue weighted by molar-refractivity contribution is 0.585. The van der Waals surface area contributed by atoms with Crippen LogP contribution < -0.4 is 5.32 Å². The van der Waals surface area contributed by atoms with E-state index >= 15 is 0 Å². The molecule has 0 aromatic carbocycles. The molecule has 3 heterocycles. The smallest absolute Gasteiger partial charge is 0.193 e. The van der Waals surface area contributed by atoms with Gasteiger partial charge >= 0.3 is 0 Å². The Morgan fingerprint density at radius 2 is 2.37 bits per heavy atom. The van der Waals surface area contributed by atoms with Gasteiger partial charge in [0.1, 0.15) is 0 Å². The highest BCUT2D eigenvalue weighted by Crippen LogP contribution is 2.19. The molecule has 0 bridgehead atoms. The maximum Gasteiger partial charge on any atom is 0.193 e. The van der Waals surface area contributed by atoms with E-state index in [1.165, 1.54) is 5.56 Å². The fraction of sp³-hybridized carbons (Fsp3) is 0.286. The van der Waals surface area contributed by atoms with Crippen LogP contribution in [0, 0.1) is 6.92 Å². The van der Waals surface area contributed by atoms with Gasteiger partial charge in [-0.05, 0) is 31.7 Å². The number of likely N-dealkylation sites (N-methyl/N-ethyl adjacent to an activating group) is 1. The molecule has 0 saturated heterocycles. The second kappa shape index (κ2) is 5.11. The Bertz CT molecular complexity index is 657. The molecule has 0 amide bonds. The van der Waals surface area contributed by atoms with Gasteiger partial charge in [0.15, 0.2) is 4.96 Å². The summed E-state index contributed by atoms with van der Waals surface area (Å²) in [7, 11) is 1.98. The van der Waals surface area contributed by atoms with Crippen LogP contribution in [0.2, 0.25) is 0 Å². The van der Waals surface area contributed by atoms with Gasteiger partial charge in [0.05, 0.1) is 5.69 Å². The lowest BCUT2D eigenvalue weighted by Crippen LogP contribution is -2.19. The molecule has 1 unspecified atom stereocenters. The van der Waals surface area contributed by atoms with E-state index in [0.29, 0.717) is 0 Å². The van der Waals surface area contributed by atoms with E-state index in [1.54, 1.807) is 11.3 Å². The molecular formula is C14H16N4S. The van der Waals surface area contributed by atoms with Crippen LogP contribution in [0.3, 0.4) is 0 Å². The summed E-state index contributed by atoms with van der Waals surface area (Å²) >= 11 is 1.66. The van der Waals surface area contributed by atoms with Gasteiger partial charge in [0, 0.05) is 42.1 Å². The topological polar surface area (TPSA) is 42.2 Å². The summed E-state index contributed by atoms with van der Waals surface area (Å²) in [6, 6.07) is 4.46. The second-order valence-electron chi connectivity index (χ2n) is 4.60. The van der Waals surface area contributed by atoms with Crippen LogP contribution in [0.5, 0.6) is 0 Å². The first-order chi connectivity index (χ1) is 9.26. The number of nitrogens with zero attached hydrogens (tertiary/aromatic N) is 3. The van der Waals surface area contributed by atoms with E-state index in [-0.39, 0.29) is 6.04 Å². The number of nitrogens with one attached hydrogen (secondary N) is 1. The minimum atomic E-state index is 0.270. The number of aromatic nitrogens is 3. The molecule has 0 saturated carbocycles. The van der Waals surface area contributed by atoms with Crippen molar-refractivity contribution >= 4 is 16.3 Å². The number of imidazole rings is 1. The number of hydrogen-bond acceptors (Lipinski definition) is 4. The number of fused-ring (bicyclic) bond motifs is 1. The Kier molecular flexibility index (Phi) is 3.31. The minimum Gasteiger partial charge on any atom is -0.313 e. The molecule has 0 spiro atoms. The molecule has 3 aromatic heterocycles. The minimum absolute atomic E-state index is 0.270. The van der Waals surface area contributed by atoms with Crippen LogP contribution in [0.4, 0.5) is 0 Å². The summed E-state index contributed by atoms with van der Waals surface area (Å²) in [5.41, 5.74) is 3.41. The van der Waals surface area contributed by atoms with E-state index in [4.69, 9.17) is 0 Å². The SMILES string of the molecule is CNC(Cc1cn2ccsc2n1)c1ccnc(C)c1. The van der Waals surface area contributed by atoms with E-state index in [1.807, 2.05) is 31.7 Å². The van der Waals surface area contributed by atoms with Gasteiger partial charge in [-0.25, -0.2) is 4.98 Å². The van der Waals surface area contributed by atoms with E-state index in [9.17, 15) is 0 Å². The van der Waals surface area contributed by atoms with Crippen molar-refractivity contribution in [2.75, 3.05) is 7.05 Å². The van der Waals surface area contributed by atoms with E-state index in [0.717, 1.165) is 22.8 Å². The van der Waals surface area contributed by atoms with Crippen LogP contribution in [0.1, 0.15) is 23.0 Å². The Balaban J connectivity index is 1.85. The first-order valence-electron chi connectivity index (χ1n) is 6.27. The third-order valence-electron chi connectivity index (χ3n) is 3.23. The van der Waals surface area contributed by atoms with Crippen LogP contribution in [-0.2, 0) is 6.42 Å². The van der Waals surface area contributed by atoms with Gasteiger partial charge in [0.25, 0.3) is 0 Å². The van der Waals surface area contributed by atoms with E-state index < -0.39 is 0 Å². The standard InChI is InChI=1S/C14H16N4S/c1-10-7-11(3-4-16-10)13(15-2)8-12-9-18-5-6-19-14(18)17-12/h3-7,9,13,15H,8H2,1-2H3. The quantitative estimate of drug-likeness (QED) is 0.794. The number of aryl methyl sites for hydroxylation is 1. The normalized spacial score (nSPS) is 12.9. The van der Waals surface area contributed by atoms with Gasteiger partial charge in [-0.2, -0.15) is 0 Å². The van der Waals surface area contributed by atoms with Crippen LogP contribution in [0.15, 0.2) is 36.1 Å². The van der Waals surface area contributed by atoms with Crippen molar-refractivity contribution < 1.29 is 0 Å². The van der Waals surface area contributed by atoms with Crippen molar-refractivity contribution in [3.05, 3.63) is 53.1 Å². The van der Waals surface area contributed by atoms with Crippen molar-refractivity contribution in [2.24, 2.45) is 0 Å². The molecule has 0 fully saturated rings. The Hall–Kier alpha value is -1.72. The fourth-order valence-electron chi connectivity index (χ4n) is 2.25. The predicted octanol–water partition coefficient (Wildman–Crippen LogP) is 2.60. The van der Waals surface area contributed by atoms with Crippen molar-refractivity contribution in [1.29, 1.82) is 0 Å². The zero-order valence-electron chi connectivity index (χ0n) is 11.0. The lowest BCUT2D eigenvalue weighted by atomic mass is 10.0. The Morgan fingerprint density at radius 3 is 3.11 bits per heavy atom. The average molecular weight is 272 g/mol. The maximum absolute atomic E-state index is 4.63. The lowest BCUT2D eigenvalue weighted by Gasteiger charge is -2.15. The molecule has 3 aromatic rings. The molecule has 1 atom stereocenters. The monoisotopic (exact) mass is 272 g/mol. The highest BCUT2D eigenvalue weighted by molar-refractivity contribution is 7.15. The van der Waals surface area contributed by atoms with Crippen LogP contribution >= 0.6 is 11.3 Å². The molecule has 98 valence electrons. The molecule has 19 heavy (non-hydrogen) atoms. The Labute approximate surface area is 116 Å². The highest BCUT2D eigenvalue weighted by atomic mass is 32.1. The van der Waals surface area contributed by atoms with Gasteiger partial charge in [-0.1, -0.05) is 0 Å². The zero-order chi connectivity index (χ0) is 13.2. The van der Waals surface area contributed by atoms with Gasteiger partial charge < -0.3 is 5.32 Å². The molecule has 4 nitrogen and oxygen atoms in total. The molecule has 0 radical (unpaired) electrons. The number of hydrogen-bond donors (Lipinski definition) is 1. The maximum atomic E-state index is 4.63. The average Bonchev–Trinajstić information content (AvgIpc) is 2.96. The van der Waals surface area contributed by atoms with Crippen molar-refractivity contribution in [1.82, 2.24) is 19.7 Å². The fourth-order valence-corrected chi connectivity index (χ4v) is 2.97. The Morgan fingerprint density at radius 1 is 1.47 bits per heavy atom. The summed E-state index contributed by atoms with van der Waals surface area (Å²) in [6.45, 7) is 2.02. The van der Waals surface area contributed by atoms with Gasteiger partial charge in [0.2, 0.25) is 0 Å². The summed E-state index contributed by atoms with van der Waals surface area (Å²) in [4.78, 5) is 9.93. The van der Waals surface area contributed by atoms with Crippen molar-refractivity contribution in [2.45, 2.75) is 19.4 Å². The van der Waals surface area contributed by atoms with E-state index in [2.05, 4.69) is 38.0 Å². The predicted molar refractivity (Wildman–Crippen MR) is 77.5 cm³/mol. The molecule has 0 aliphatic heterocycles. The number of rotatable bonds is 4. The summed E-state index contributed by atoms with van der Waals surface area (Å²) in [5, 5.41) is 5.41. The van der Waals surface area contributed by atoms with Gasteiger partial charge in [-0.15, -0.1) is 11.3 Å². The summed E-state index contributed by atoms with van der Waals surface area (Å²) < 4.78 is 2.07. The summed E-state index contributed by atoms with van der Waals surface area (Å²) in [5.74, 6) is 0. The second-order valence-corrected chi connectivity index (χ2v) is 5.47. The first-order valence-corrected chi connectivity index (χ1v) is 7.15. The first kappa shape index (κ1) is 12.3. The summed E-state index contributed by atoms with van der Waals surface area (Å²) in [6.07, 6.45) is 6.89. The third-order valence-corrected chi connectivity index (χ3v) is 4.00. The molecule has 0 aliphatic carbocycles. The number of pyridine rings is 1. The molecule has 0 aliphatic rings. The molecule has 5 heteroatoms. The molecule has 1 N–H and O–H groups in total. The van der Waals surface area contributed by atoms with Crippen LogP contribution in [0.25, 0.3) is 4.96 Å². The van der Waals surface area contributed by atoms with Crippen molar-refractivity contribution in [3.8, 4) is 0 Å². The van der Waals surface area contributed by atoms with Crippen molar-refractivity contribution in [3.63, 3.8) is 0 Å². The molecule has 3 rings (SSSR count). The number of thiazole rings is 1. The third kappa shape index (κ3) is 2.52. The van der Waals surface area contributed by atoms with Crippen LogP contribution in [-0.4, -0.2) is 21.4 Å². The highest BCUT2D eigenvalue weighted by Gasteiger charge is 2.13. The van der Waals surface area contributed by atoms with Gasteiger partial charge in [-0.3, -0.25) is 9.38 Å². The molecular weight excluding hydrogens is 256 g/mol.